The second-order valence-electron chi connectivity index (χ2n) is 6.89. The van der Waals surface area contributed by atoms with Gasteiger partial charge in [0.25, 0.3) is 0 Å². The Labute approximate surface area is 174 Å². The van der Waals surface area contributed by atoms with Gasteiger partial charge in [-0.15, -0.1) is 0 Å². The highest BCUT2D eigenvalue weighted by molar-refractivity contribution is 5.72. The second kappa shape index (κ2) is 9.86. The van der Waals surface area contributed by atoms with Gasteiger partial charge in [0.1, 0.15) is 0 Å². The molecule has 1 aromatic carbocycles. The molecule has 3 aromatic rings. The Kier molecular flexibility index (Phi) is 6.99. The largest absolute Gasteiger partial charge is 0.414 e. The van der Waals surface area contributed by atoms with Crippen LogP contribution in [0.15, 0.2) is 48.8 Å². The summed E-state index contributed by atoms with van der Waals surface area (Å²) in [6, 6.07) is 10.1. The number of hydrogen-bond donors (Lipinski definition) is 5. The van der Waals surface area contributed by atoms with Crippen LogP contribution < -0.4 is 15.4 Å². The lowest BCUT2D eigenvalue weighted by Gasteiger charge is -2.15. The van der Waals surface area contributed by atoms with Crippen molar-refractivity contribution in [1.29, 1.82) is 0 Å². The number of aliphatic hydroxyl groups excluding tert-OH is 2. The molecule has 3 rings (SSSR count). The average Bonchev–Trinajstić information content (AvgIpc) is 3.22. The summed E-state index contributed by atoms with van der Waals surface area (Å²) in [6.07, 6.45) is 2.67. The summed E-state index contributed by atoms with van der Waals surface area (Å²) in [5, 5.41) is 24.4. The smallest absolute Gasteiger partial charge is 0.394 e. The van der Waals surface area contributed by atoms with Gasteiger partial charge in [-0.2, -0.15) is 0 Å². The number of aliphatic hydroxyl groups is 2. The van der Waals surface area contributed by atoms with Crippen molar-refractivity contribution in [2.75, 3.05) is 18.5 Å². The lowest BCUT2D eigenvalue weighted by atomic mass is 10.1. The third-order valence-electron chi connectivity index (χ3n) is 4.43. The van der Waals surface area contributed by atoms with Crippen molar-refractivity contribution in [1.82, 2.24) is 20.3 Å². The molecule has 5 N–H and O–H groups in total. The minimum absolute atomic E-state index is 0.0400. The van der Waals surface area contributed by atoms with Gasteiger partial charge in [0.2, 0.25) is 11.8 Å². The first-order valence-electron chi connectivity index (χ1n) is 9.54. The lowest BCUT2D eigenvalue weighted by Crippen LogP contribution is -2.33. The number of anilines is 1. The first-order chi connectivity index (χ1) is 14.5. The molecule has 0 radical (unpaired) electrons. The summed E-state index contributed by atoms with van der Waals surface area (Å²) in [5.74, 6) is 0.635. The Morgan fingerprint density at radius 1 is 1.23 bits per heavy atom. The normalized spacial score (nSPS) is 12.8. The first-order valence-corrected chi connectivity index (χ1v) is 9.54. The second-order valence-corrected chi connectivity index (χ2v) is 6.89. The van der Waals surface area contributed by atoms with Crippen LogP contribution in [0.25, 0.3) is 11.3 Å². The van der Waals surface area contributed by atoms with E-state index in [1.165, 1.54) is 0 Å². The van der Waals surface area contributed by atoms with E-state index in [-0.39, 0.29) is 25.1 Å². The molecule has 9 heteroatoms. The molecule has 2 atom stereocenters. The number of H-pyrrole nitrogens is 1. The molecule has 0 spiro atoms. The number of carbonyl (C=O) groups excluding carboxylic acids is 1. The molecular formula is C21H25N5O4. The van der Waals surface area contributed by atoms with Crippen LogP contribution in [0.1, 0.15) is 24.1 Å². The number of rotatable bonds is 8. The van der Waals surface area contributed by atoms with Gasteiger partial charge in [-0.25, -0.2) is 14.8 Å². The van der Waals surface area contributed by atoms with Gasteiger partial charge in [-0.05, 0) is 25.0 Å². The van der Waals surface area contributed by atoms with Crippen LogP contribution in [0.4, 0.5) is 10.7 Å². The molecule has 0 fully saturated rings. The molecule has 0 aliphatic heterocycles. The van der Waals surface area contributed by atoms with Crippen LogP contribution in [0, 0.1) is 6.92 Å². The van der Waals surface area contributed by atoms with Gasteiger partial charge in [0, 0.05) is 30.1 Å². The molecule has 158 valence electrons. The quantitative estimate of drug-likeness (QED) is 0.384. The number of carbonyl (C=O) groups is 1. The van der Waals surface area contributed by atoms with E-state index in [1.807, 2.05) is 44.2 Å². The van der Waals surface area contributed by atoms with E-state index in [9.17, 15) is 15.0 Å². The number of ether oxygens (including phenoxy) is 1. The van der Waals surface area contributed by atoms with E-state index in [0.29, 0.717) is 11.6 Å². The van der Waals surface area contributed by atoms with Crippen LogP contribution in [-0.4, -0.2) is 50.5 Å². The SMILES string of the molecule is Cc1cnc(NC(C)CO)nc1-c1c[nH]c(OC(=O)NC(CO)c2ccccc2)c1. The van der Waals surface area contributed by atoms with Gasteiger partial charge < -0.3 is 30.6 Å². The predicted octanol–water partition coefficient (Wildman–Crippen LogP) is 2.39. The van der Waals surface area contributed by atoms with Gasteiger partial charge in [0.05, 0.1) is 24.9 Å². The number of nitrogens with zero attached hydrogens (tertiary/aromatic N) is 2. The fourth-order valence-corrected chi connectivity index (χ4v) is 2.83. The zero-order valence-corrected chi connectivity index (χ0v) is 16.8. The number of aromatic amines is 1. The molecule has 1 amide bonds. The summed E-state index contributed by atoms with van der Waals surface area (Å²) in [4.78, 5) is 23.8. The summed E-state index contributed by atoms with van der Waals surface area (Å²) < 4.78 is 5.31. The standard InChI is InChI=1S/C21H25N5O4/c1-13-9-23-20(24-14(2)11-27)26-19(13)16-8-18(22-10-16)30-21(29)25-17(12-28)15-6-4-3-5-7-15/h3-10,14,17,22,27-28H,11-12H2,1-2H3,(H,25,29)(H,23,24,26). The fraction of sp³-hybridized carbons (Fsp3) is 0.286. The van der Waals surface area contributed by atoms with Crippen molar-refractivity contribution < 1.29 is 19.7 Å². The third kappa shape index (κ3) is 5.34. The molecule has 2 heterocycles. The highest BCUT2D eigenvalue weighted by Gasteiger charge is 2.16. The zero-order valence-electron chi connectivity index (χ0n) is 16.8. The number of aromatic nitrogens is 3. The van der Waals surface area contributed by atoms with Gasteiger partial charge in [0.15, 0.2) is 0 Å². The van der Waals surface area contributed by atoms with Crippen molar-refractivity contribution in [2.45, 2.75) is 25.9 Å². The summed E-state index contributed by atoms with van der Waals surface area (Å²) in [5.41, 5.74) is 3.01. The van der Waals surface area contributed by atoms with Crippen LogP contribution in [0.5, 0.6) is 5.88 Å². The average molecular weight is 411 g/mol. The first kappa shape index (κ1) is 21.3. The van der Waals surface area contributed by atoms with Crippen molar-refractivity contribution in [3.05, 3.63) is 59.9 Å². The summed E-state index contributed by atoms with van der Waals surface area (Å²) >= 11 is 0. The highest BCUT2D eigenvalue weighted by atomic mass is 16.6. The van der Waals surface area contributed by atoms with Gasteiger partial charge >= 0.3 is 6.09 Å². The van der Waals surface area contributed by atoms with Crippen LogP contribution in [-0.2, 0) is 0 Å². The molecule has 2 aromatic heterocycles. The summed E-state index contributed by atoms with van der Waals surface area (Å²) in [6.45, 7) is 3.40. The maximum Gasteiger partial charge on any atom is 0.414 e. The van der Waals surface area contributed by atoms with Crippen LogP contribution >= 0.6 is 0 Å². The van der Waals surface area contributed by atoms with E-state index < -0.39 is 12.1 Å². The minimum atomic E-state index is -0.690. The Hall–Kier alpha value is -3.43. The van der Waals surface area contributed by atoms with Crippen LogP contribution in [0.3, 0.4) is 0 Å². The highest BCUT2D eigenvalue weighted by Crippen LogP contribution is 2.25. The topological polar surface area (TPSA) is 132 Å². The van der Waals surface area contributed by atoms with Crippen molar-refractivity contribution in [3.63, 3.8) is 0 Å². The lowest BCUT2D eigenvalue weighted by molar-refractivity contribution is 0.182. The van der Waals surface area contributed by atoms with Crippen molar-refractivity contribution >= 4 is 12.0 Å². The maximum atomic E-state index is 12.3. The molecule has 9 nitrogen and oxygen atoms in total. The fourth-order valence-electron chi connectivity index (χ4n) is 2.83. The molecule has 30 heavy (non-hydrogen) atoms. The molecule has 0 bridgehead atoms. The van der Waals surface area contributed by atoms with Gasteiger partial charge in [-0.3, -0.25) is 0 Å². The van der Waals surface area contributed by atoms with E-state index in [2.05, 4.69) is 25.6 Å². The minimum Gasteiger partial charge on any atom is -0.394 e. The summed E-state index contributed by atoms with van der Waals surface area (Å²) in [7, 11) is 0. The predicted molar refractivity (Wildman–Crippen MR) is 112 cm³/mol. The number of nitrogens with one attached hydrogen (secondary N) is 3. The Bertz CT molecular complexity index is 977. The Morgan fingerprint density at radius 2 is 2.00 bits per heavy atom. The molecule has 0 aliphatic carbocycles. The molecule has 0 aliphatic rings. The van der Waals surface area contributed by atoms with Gasteiger partial charge in [-0.1, -0.05) is 30.3 Å². The number of aryl methyl sites for hydroxylation is 1. The van der Waals surface area contributed by atoms with Crippen LogP contribution in [0.2, 0.25) is 0 Å². The van der Waals surface area contributed by atoms with E-state index in [0.717, 1.165) is 16.7 Å². The Balaban J connectivity index is 1.69. The molecule has 0 saturated carbocycles. The van der Waals surface area contributed by atoms with E-state index in [1.54, 1.807) is 18.5 Å². The van der Waals surface area contributed by atoms with Crippen molar-refractivity contribution in [2.24, 2.45) is 0 Å². The number of amides is 1. The number of benzene rings is 1. The zero-order chi connectivity index (χ0) is 21.5. The van der Waals surface area contributed by atoms with E-state index in [4.69, 9.17) is 4.74 Å². The Morgan fingerprint density at radius 3 is 2.70 bits per heavy atom. The molecule has 0 saturated heterocycles. The van der Waals surface area contributed by atoms with Crippen molar-refractivity contribution in [3.8, 4) is 17.1 Å². The number of hydrogen-bond acceptors (Lipinski definition) is 7. The third-order valence-corrected chi connectivity index (χ3v) is 4.43. The van der Waals surface area contributed by atoms with E-state index >= 15 is 0 Å². The monoisotopic (exact) mass is 411 g/mol. The molecule has 2 unspecified atom stereocenters. The maximum absolute atomic E-state index is 12.3. The molecular weight excluding hydrogens is 386 g/mol.